The van der Waals surface area contributed by atoms with Gasteiger partial charge in [0, 0.05) is 38.9 Å². The summed E-state index contributed by atoms with van der Waals surface area (Å²) in [6, 6.07) is 4.49. The Kier molecular flexibility index (Phi) is 2.95. The SMILES string of the molecule is c1cc(N2CCCC2)ncc1CN1C[C@H]2CC[C@H]2C1. The second-order valence-electron chi connectivity index (χ2n) is 6.51. The molecule has 3 heteroatoms. The van der Waals surface area contributed by atoms with E-state index in [1.165, 1.54) is 63.2 Å². The van der Waals surface area contributed by atoms with E-state index in [2.05, 4.69) is 33.1 Å². The van der Waals surface area contributed by atoms with E-state index in [-0.39, 0.29) is 0 Å². The van der Waals surface area contributed by atoms with Gasteiger partial charge >= 0.3 is 0 Å². The van der Waals surface area contributed by atoms with Crippen LogP contribution in [-0.4, -0.2) is 36.1 Å². The second kappa shape index (κ2) is 4.78. The lowest BCUT2D eigenvalue weighted by Gasteiger charge is -2.28. The van der Waals surface area contributed by atoms with E-state index < -0.39 is 0 Å². The highest BCUT2D eigenvalue weighted by molar-refractivity contribution is 5.40. The summed E-state index contributed by atoms with van der Waals surface area (Å²) in [7, 11) is 0. The van der Waals surface area contributed by atoms with Gasteiger partial charge in [0.1, 0.15) is 5.82 Å². The van der Waals surface area contributed by atoms with E-state index in [0.717, 1.165) is 18.4 Å². The molecule has 0 N–H and O–H groups in total. The average Bonchev–Trinajstić information content (AvgIpc) is 3.02. The highest BCUT2D eigenvalue weighted by Crippen LogP contribution is 2.40. The lowest BCUT2D eigenvalue weighted by Crippen LogP contribution is -2.22. The van der Waals surface area contributed by atoms with Gasteiger partial charge in [0.2, 0.25) is 0 Å². The topological polar surface area (TPSA) is 19.4 Å². The Balaban J connectivity index is 1.38. The van der Waals surface area contributed by atoms with Crippen molar-refractivity contribution in [1.82, 2.24) is 9.88 Å². The van der Waals surface area contributed by atoms with Gasteiger partial charge in [-0.1, -0.05) is 6.07 Å². The van der Waals surface area contributed by atoms with Crippen molar-refractivity contribution in [3.8, 4) is 0 Å². The smallest absolute Gasteiger partial charge is 0.128 e. The Bertz CT molecular complexity index is 424. The Morgan fingerprint density at radius 1 is 1.05 bits per heavy atom. The molecular weight excluding hydrogens is 234 g/mol. The third-order valence-electron chi connectivity index (χ3n) is 5.21. The maximum absolute atomic E-state index is 4.66. The third-order valence-corrected chi connectivity index (χ3v) is 5.21. The summed E-state index contributed by atoms with van der Waals surface area (Å²) < 4.78 is 0. The second-order valence-corrected chi connectivity index (χ2v) is 6.51. The molecule has 19 heavy (non-hydrogen) atoms. The molecule has 3 aliphatic rings. The minimum Gasteiger partial charge on any atom is -0.357 e. The molecule has 1 saturated carbocycles. The summed E-state index contributed by atoms with van der Waals surface area (Å²) in [6.07, 6.45) is 7.66. The molecule has 0 spiro atoms. The van der Waals surface area contributed by atoms with Gasteiger partial charge in [-0.25, -0.2) is 4.98 Å². The van der Waals surface area contributed by atoms with E-state index in [0.29, 0.717) is 0 Å². The Morgan fingerprint density at radius 3 is 2.37 bits per heavy atom. The van der Waals surface area contributed by atoms with Crippen LogP contribution >= 0.6 is 0 Å². The monoisotopic (exact) mass is 257 g/mol. The van der Waals surface area contributed by atoms with Gasteiger partial charge in [-0.15, -0.1) is 0 Å². The van der Waals surface area contributed by atoms with Crippen molar-refractivity contribution in [3.63, 3.8) is 0 Å². The normalized spacial score (nSPS) is 30.4. The molecule has 2 atom stereocenters. The summed E-state index contributed by atoms with van der Waals surface area (Å²) in [5, 5.41) is 0. The maximum Gasteiger partial charge on any atom is 0.128 e. The van der Waals surface area contributed by atoms with E-state index in [9.17, 15) is 0 Å². The van der Waals surface area contributed by atoms with Gasteiger partial charge in [-0.3, -0.25) is 4.90 Å². The molecule has 0 radical (unpaired) electrons. The van der Waals surface area contributed by atoms with Crippen LogP contribution in [0.25, 0.3) is 0 Å². The van der Waals surface area contributed by atoms with E-state index in [1.54, 1.807) is 0 Å². The summed E-state index contributed by atoms with van der Waals surface area (Å²) in [4.78, 5) is 9.68. The van der Waals surface area contributed by atoms with Crippen LogP contribution in [0, 0.1) is 11.8 Å². The Hall–Kier alpha value is -1.09. The predicted octanol–water partition coefficient (Wildman–Crippen LogP) is 2.52. The first kappa shape index (κ1) is 11.7. The third kappa shape index (κ3) is 2.25. The summed E-state index contributed by atoms with van der Waals surface area (Å²) in [5.74, 6) is 3.19. The van der Waals surface area contributed by atoms with E-state index >= 15 is 0 Å². The number of hydrogen-bond acceptors (Lipinski definition) is 3. The average molecular weight is 257 g/mol. The van der Waals surface area contributed by atoms with Crippen LogP contribution in [0.1, 0.15) is 31.2 Å². The van der Waals surface area contributed by atoms with Gasteiger partial charge in [-0.2, -0.15) is 0 Å². The molecule has 2 aliphatic heterocycles. The summed E-state index contributed by atoms with van der Waals surface area (Å²) in [6.45, 7) is 6.10. The van der Waals surface area contributed by atoms with E-state index in [4.69, 9.17) is 0 Å². The fourth-order valence-electron chi connectivity index (χ4n) is 3.89. The summed E-state index contributed by atoms with van der Waals surface area (Å²) in [5.41, 5.74) is 1.38. The van der Waals surface area contributed by atoms with Gasteiger partial charge in [-0.05, 0) is 49.1 Å². The molecule has 4 rings (SSSR count). The number of fused-ring (bicyclic) bond motifs is 1. The highest BCUT2D eigenvalue weighted by atomic mass is 15.2. The number of anilines is 1. The lowest BCUT2D eigenvalue weighted by molar-refractivity contribution is 0.243. The molecule has 0 bridgehead atoms. The minimum atomic E-state index is 1.01. The number of hydrogen-bond donors (Lipinski definition) is 0. The molecule has 3 heterocycles. The van der Waals surface area contributed by atoms with Crippen LogP contribution in [0.3, 0.4) is 0 Å². The first-order valence-corrected chi connectivity index (χ1v) is 7.81. The van der Waals surface area contributed by atoms with Gasteiger partial charge in [0.25, 0.3) is 0 Å². The van der Waals surface area contributed by atoms with Gasteiger partial charge in [0.15, 0.2) is 0 Å². The zero-order valence-corrected chi connectivity index (χ0v) is 11.6. The molecule has 2 saturated heterocycles. The van der Waals surface area contributed by atoms with E-state index in [1.807, 2.05) is 0 Å². The van der Waals surface area contributed by atoms with Crippen LogP contribution in [-0.2, 0) is 6.54 Å². The van der Waals surface area contributed by atoms with Crippen LogP contribution in [0.4, 0.5) is 5.82 Å². The zero-order valence-electron chi connectivity index (χ0n) is 11.6. The molecule has 1 aromatic heterocycles. The van der Waals surface area contributed by atoms with Crippen molar-refractivity contribution in [2.45, 2.75) is 32.2 Å². The fourth-order valence-corrected chi connectivity index (χ4v) is 3.89. The van der Waals surface area contributed by atoms with Crippen LogP contribution in [0.15, 0.2) is 18.3 Å². The van der Waals surface area contributed by atoms with Crippen molar-refractivity contribution in [1.29, 1.82) is 0 Å². The summed E-state index contributed by atoms with van der Waals surface area (Å²) >= 11 is 0. The van der Waals surface area contributed by atoms with Crippen molar-refractivity contribution in [3.05, 3.63) is 23.9 Å². The van der Waals surface area contributed by atoms with Gasteiger partial charge in [0.05, 0.1) is 0 Å². The molecule has 0 unspecified atom stereocenters. The number of likely N-dealkylation sites (tertiary alicyclic amines) is 1. The first-order valence-electron chi connectivity index (χ1n) is 7.81. The predicted molar refractivity (Wildman–Crippen MR) is 77.2 cm³/mol. The highest BCUT2D eigenvalue weighted by Gasteiger charge is 2.38. The van der Waals surface area contributed by atoms with Crippen molar-refractivity contribution in [2.75, 3.05) is 31.1 Å². The van der Waals surface area contributed by atoms with Crippen LogP contribution in [0.2, 0.25) is 0 Å². The first-order chi connectivity index (χ1) is 9.38. The van der Waals surface area contributed by atoms with Crippen molar-refractivity contribution >= 4 is 5.82 Å². The molecule has 3 fully saturated rings. The molecule has 1 aromatic rings. The number of nitrogens with zero attached hydrogens (tertiary/aromatic N) is 3. The maximum atomic E-state index is 4.66. The van der Waals surface area contributed by atoms with Crippen LogP contribution < -0.4 is 4.90 Å². The number of rotatable bonds is 3. The quantitative estimate of drug-likeness (QED) is 0.829. The molecule has 3 nitrogen and oxygen atoms in total. The molecule has 1 aliphatic carbocycles. The largest absolute Gasteiger partial charge is 0.357 e. The zero-order chi connectivity index (χ0) is 12.7. The van der Waals surface area contributed by atoms with Crippen molar-refractivity contribution in [2.24, 2.45) is 11.8 Å². The van der Waals surface area contributed by atoms with Crippen molar-refractivity contribution < 1.29 is 0 Å². The number of pyridine rings is 1. The molecule has 0 aromatic carbocycles. The van der Waals surface area contributed by atoms with Gasteiger partial charge < -0.3 is 4.90 Å². The standard InChI is InChI=1S/C16H23N3/c1-2-8-19(7-1)16-6-3-13(9-17-16)10-18-11-14-4-5-15(14)12-18/h3,6,9,14-15H,1-2,4-5,7-8,10-12H2/t14-,15+. The molecule has 102 valence electrons. The number of aromatic nitrogens is 1. The molecular formula is C16H23N3. The fraction of sp³-hybridized carbons (Fsp3) is 0.688. The lowest BCUT2D eigenvalue weighted by atomic mass is 9.77. The Labute approximate surface area is 115 Å². The molecule has 0 amide bonds. The van der Waals surface area contributed by atoms with Crippen LogP contribution in [0.5, 0.6) is 0 Å². The Morgan fingerprint density at radius 2 is 1.79 bits per heavy atom. The minimum absolute atomic E-state index is 1.01.